The average molecular weight is 335 g/mol. The van der Waals surface area contributed by atoms with E-state index in [4.69, 9.17) is 10.7 Å². The van der Waals surface area contributed by atoms with Crippen LogP contribution in [0.15, 0.2) is 53.9 Å². The quantitative estimate of drug-likeness (QED) is 0.724. The summed E-state index contributed by atoms with van der Waals surface area (Å²) in [4.78, 5) is 7.25. The lowest BCUT2D eigenvalue weighted by atomic mass is 10.00. The first kappa shape index (κ1) is 15.2. The molecule has 0 saturated carbocycles. The molecule has 0 atom stereocenters. The standard InChI is InChI=1S/C20H21N3S/c21-18-9-4-10-19-17(18)8-5-11-23(19)13-16-14-24-20(22-16)12-15-6-2-1-3-7-15/h1-4,6-7,9-10,14H,5,8,11-13,21H2. The molecule has 0 radical (unpaired) electrons. The number of rotatable bonds is 4. The van der Waals surface area contributed by atoms with E-state index in [1.54, 1.807) is 11.3 Å². The molecule has 0 unspecified atom stereocenters. The number of nitrogen functional groups attached to an aromatic ring is 1. The Morgan fingerprint density at radius 2 is 1.96 bits per heavy atom. The Morgan fingerprint density at radius 1 is 1.08 bits per heavy atom. The monoisotopic (exact) mass is 335 g/mol. The number of thiazole rings is 1. The van der Waals surface area contributed by atoms with E-state index in [0.29, 0.717) is 0 Å². The fourth-order valence-corrected chi connectivity index (χ4v) is 4.18. The number of nitrogens with two attached hydrogens (primary N) is 1. The molecule has 2 aromatic carbocycles. The van der Waals surface area contributed by atoms with E-state index in [2.05, 4.69) is 46.7 Å². The number of nitrogens with zero attached hydrogens (tertiary/aromatic N) is 2. The van der Waals surface area contributed by atoms with Gasteiger partial charge in [0.25, 0.3) is 0 Å². The molecule has 0 bridgehead atoms. The van der Waals surface area contributed by atoms with Crippen molar-refractivity contribution in [2.45, 2.75) is 25.8 Å². The summed E-state index contributed by atoms with van der Waals surface area (Å²) in [5.41, 5.74) is 12.1. The minimum absolute atomic E-state index is 0.863. The van der Waals surface area contributed by atoms with E-state index in [9.17, 15) is 0 Å². The zero-order valence-corrected chi connectivity index (χ0v) is 14.4. The van der Waals surface area contributed by atoms with Crippen LogP contribution in [0.3, 0.4) is 0 Å². The number of aromatic nitrogens is 1. The van der Waals surface area contributed by atoms with Crippen LogP contribution in [0.2, 0.25) is 0 Å². The van der Waals surface area contributed by atoms with Crippen molar-refractivity contribution in [2.75, 3.05) is 17.2 Å². The number of fused-ring (bicyclic) bond motifs is 1. The summed E-state index contributed by atoms with van der Waals surface area (Å²) in [6.07, 6.45) is 3.14. The lowest BCUT2D eigenvalue weighted by Gasteiger charge is -2.31. The molecule has 1 aliphatic rings. The first-order chi connectivity index (χ1) is 11.8. The smallest absolute Gasteiger partial charge is 0.0973 e. The third kappa shape index (κ3) is 3.15. The molecule has 0 aliphatic carbocycles. The van der Waals surface area contributed by atoms with Crippen LogP contribution in [0.5, 0.6) is 0 Å². The molecule has 122 valence electrons. The SMILES string of the molecule is Nc1cccc2c1CCCN2Cc1csc(Cc2ccccc2)n1. The van der Waals surface area contributed by atoms with Crippen LogP contribution >= 0.6 is 11.3 Å². The van der Waals surface area contributed by atoms with E-state index in [1.807, 2.05) is 12.1 Å². The van der Waals surface area contributed by atoms with Gasteiger partial charge in [-0.1, -0.05) is 36.4 Å². The number of hydrogen-bond donors (Lipinski definition) is 1. The molecule has 0 fully saturated rings. The van der Waals surface area contributed by atoms with Crippen molar-refractivity contribution in [2.24, 2.45) is 0 Å². The van der Waals surface area contributed by atoms with Gasteiger partial charge in [-0.15, -0.1) is 11.3 Å². The molecule has 4 heteroatoms. The van der Waals surface area contributed by atoms with E-state index in [-0.39, 0.29) is 0 Å². The Bertz CT molecular complexity index is 826. The van der Waals surface area contributed by atoms with Crippen LogP contribution in [-0.2, 0) is 19.4 Å². The highest BCUT2D eigenvalue weighted by Gasteiger charge is 2.19. The van der Waals surface area contributed by atoms with Gasteiger partial charge in [0.15, 0.2) is 0 Å². The molecule has 1 aliphatic heterocycles. The largest absolute Gasteiger partial charge is 0.398 e. The van der Waals surface area contributed by atoms with Crippen molar-refractivity contribution in [1.82, 2.24) is 4.98 Å². The molecule has 2 heterocycles. The Kier molecular flexibility index (Phi) is 4.22. The first-order valence-electron chi connectivity index (χ1n) is 8.39. The highest BCUT2D eigenvalue weighted by atomic mass is 32.1. The second kappa shape index (κ2) is 6.65. The van der Waals surface area contributed by atoms with Gasteiger partial charge in [-0.05, 0) is 36.1 Å². The lowest BCUT2D eigenvalue weighted by molar-refractivity contribution is 0.686. The van der Waals surface area contributed by atoms with Crippen molar-refractivity contribution < 1.29 is 0 Å². The van der Waals surface area contributed by atoms with Crippen LogP contribution < -0.4 is 10.6 Å². The van der Waals surface area contributed by atoms with Gasteiger partial charge >= 0.3 is 0 Å². The maximum absolute atomic E-state index is 6.15. The normalized spacial score (nSPS) is 13.8. The minimum Gasteiger partial charge on any atom is -0.398 e. The molecule has 0 spiro atoms. The lowest BCUT2D eigenvalue weighted by Crippen LogP contribution is -2.29. The molecule has 0 amide bonds. The summed E-state index contributed by atoms with van der Waals surface area (Å²) in [6, 6.07) is 16.8. The van der Waals surface area contributed by atoms with E-state index in [0.717, 1.165) is 43.7 Å². The Labute approximate surface area is 146 Å². The maximum atomic E-state index is 6.15. The third-order valence-corrected chi connectivity index (χ3v) is 5.43. The van der Waals surface area contributed by atoms with E-state index in [1.165, 1.54) is 21.8 Å². The molecule has 1 aromatic heterocycles. The number of anilines is 2. The highest BCUT2D eigenvalue weighted by molar-refractivity contribution is 7.09. The first-order valence-corrected chi connectivity index (χ1v) is 9.27. The fraction of sp³-hybridized carbons (Fsp3) is 0.250. The zero-order valence-electron chi connectivity index (χ0n) is 13.6. The van der Waals surface area contributed by atoms with Gasteiger partial charge in [0.2, 0.25) is 0 Å². The molecule has 3 aromatic rings. The minimum atomic E-state index is 0.863. The summed E-state index contributed by atoms with van der Waals surface area (Å²) >= 11 is 1.75. The molecule has 3 nitrogen and oxygen atoms in total. The van der Waals surface area contributed by atoms with Gasteiger partial charge in [0.05, 0.1) is 17.2 Å². The fourth-order valence-electron chi connectivity index (χ4n) is 3.36. The van der Waals surface area contributed by atoms with Gasteiger partial charge in [0.1, 0.15) is 0 Å². The van der Waals surface area contributed by atoms with Gasteiger partial charge < -0.3 is 10.6 Å². The zero-order chi connectivity index (χ0) is 16.4. The van der Waals surface area contributed by atoms with Crippen molar-refractivity contribution in [3.05, 3.63) is 75.7 Å². The van der Waals surface area contributed by atoms with Crippen molar-refractivity contribution in [3.63, 3.8) is 0 Å². The predicted molar refractivity (Wildman–Crippen MR) is 102 cm³/mol. The second-order valence-corrected chi connectivity index (χ2v) is 7.21. The Morgan fingerprint density at radius 3 is 2.83 bits per heavy atom. The van der Waals surface area contributed by atoms with Crippen LogP contribution in [0, 0.1) is 0 Å². The van der Waals surface area contributed by atoms with Crippen LogP contribution in [0.4, 0.5) is 11.4 Å². The van der Waals surface area contributed by atoms with Crippen LogP contribution in [-0.4, -0.2) is 11.5 Å². The Balaban J connectivity index is 1.50. The molecular weight excluding hydrogens is 314 g/mol. The average Bonchev–Trinajstić information content (AvgIpc) is 3.04. The summed E-state index contributed by atoms with van der Waals surface area (Å²) in [6.45, 7) is 1.93. The van der Waals surface area contributed by atoms with Crippen molar-refractivity contribution in [3.8, 4) is 0 Å². The van der Waals surface area contributed by atoms with Gasteiger partial charge in [-0.2, -0.15) is 0 Å². The summed E-state index contributed by atoms with van der Waals surface area (Å²) in [5, 5.41) is 3.37. The van der Waals surface area contributed by atoms with Gasteiger partial charge in [-0.3, -0.25) is 0 Å². The van der Waals surface area contributed by atoms with Gasteiger partial charge in [-0.25, -0.2) is 4.98 Å². The summed E-state index contributed by atoms with van der Waals surface area (Å²) < 4.78 is 0. The topological polar surface area (TPSA) is 42.1 Å². The molecular formula is C20H21N3S. The molecule has 4 rings (SSSR count). The third-order valence-electron chi connectivity index (χ3n) is 4.53. The maximum Gasteiger partial charge on any atom is 0.0973 e. The van der Waals surface area contributed by atoms with E-state index < -0.39 is 0 Å². The summed E-state index contributed by atoms with van der Waals surface area (Å²) in [5.74, 6) is 0. The molecule has 0 saturated heterocycles. The van der Waals surface area contributed by atoms with Crippen LogP contribution in [0.25, 0.3) is 0 Å². The summed E-state index contributed by atoms with van der Waals surface area (Å²) in [7, 11) is 0. The molecule has 2 N–H and O–H groups in total. The van der Waals surface area contributed by atoms with Crippen LogP contribution in [0.1, 0.15) is 28.2 Å². The second-order valence-electron chi connectivity index (χ2n) is 6.26. The number of benzene rings is 2. The predicted octanol–water partition coefficient (Wildman–Crippen LogP) is 4.27. The van der Waals surface area contributed by atoms with Crippen molar-refractivity contribution >= 4 is 22.7 Å². The van der Waals surface area contributed by atoms with Gasteiger partial charge in [0, 0.05) is 29.7 Å². The Hall–Kier alpha value is -2.33. The van der Waals surface area contributed by atoms with E-state index >= 15 is 0 Å². The molecule has 24 heavy (non-hydrogen) atoms. The highest BCUT2D eigenvalue weighted by Crippen LogP contribution is 2.32. The van der Waals surface area contributed by atoms with Crippen molar-refractivity contribution in [1.29, 1.82) is 0 Å². The number of hydrogen-bond acceptors (Lipinski definition) is 4.